The second kappa shape index (κ2) is 38.4. The third-order valence-electron chi connectivity index (χ3n) is 8.53. The fourth-order valence-corrected chi connectivity index (χ4v) is 6.18. The van der Waals surface area contributed by atoms with Gasteiger partial charge in [0.05, 0.1) is 26.4 Å². The molecule has 0 spiro atoms. The Kier molecular flexibility index (Phi) is 37.4. The number of phosphoric ester groups is 1. The van der Waals surface area contributed by atoms with Crippen LogP contribution in [0.1, 0.15) is 174 Å². The van der Waals surface area contributed by atoms with E-state index in [1.54, 1.807) is 0 Å². The van der Waals surface area contributed by atoms with Gasteiger partial charge in [-0.05, 0) is 64.2 Å². The minimum atomic E-state index is -4.51. The molecular weight excluding hydrogens is 667 g/mol. The maximum Gasteiger partial charge on any atom is 0.472 e. The highest BCUT2D eigenvalue weighted by Gasteiger charge is 2.26. The number of hydrogen-bond acceptors (Lipinski definition) is 8. The molecule has 0 radical (unpaired) electrons. The number of aliphatic hydroxyl groups is 2. The summed E-state index contributed by atoms with van der Waals surface area (Å²) < 4.78 is 33.2. The molecule has 0 aliphatic rings. The average molecular weight is 745 g/mol. The smallest absolute Gasteiger partial charge is 0.457 e. The van der Waals surface area contributed by atoms with E-state index in [0.29, 0.717) is 6.61 Å². The van der Waals surface area contributed by atoms with E-state index in [9.17, 15) is 19.4 Å². The Labute approximate surface area is 312 Å². The topological polar surface area (TPSA) is 132 Å². The number of unbranched alkanes of at least 4 members (excludes halogenated alkanes) is 19. The third kappa shape index (κ3) is 38.2. The molecule has 0 rings (SSSR count). The molecule has 10 heteroatoms. The second-order valence-electron chi connectivity index (χ2n) is 13.6. The first-order chi connectivity index (χ1) is 24.8. The molecule has 51 heavy (non-hydrogen) atoms. The number of hydrogen-bond donors (Lipinski definition) is 3. The average Bonchev–Trinajstić information content (AvgIpc) is 3.12. The first-order valence-corrected chi connectivity index (χ1v) is 22.0. The van der Waals surface area contributed by atoms with Gasteiger partial charge in [0.2, 0.25) is 0 Å². The first-order valence-electron chi connectivity index (χ1n) is 20.5. The Morgan fingerprint density at radius 3 is 1.67 bits per heavy atom. The molecule has 9 nitrogen and oxygen atoms in total. The molecule has 0 bridgehead atoms. The summed E-state index contributed by atoms with van der Waals surface area (Å²) in [6, 6.07) is 0. The number of esters is 1. The van der Waals surface area contributed by atoms with Gasteiger partial charge in [0, 0.05) is 13.0 Å². The van der Waals surface area contributed by atoms with Gasteiger partial charge >= 0.3 is 13.8 Å². The highest BCUT2D eigenvalue weighted by Crippen LogP contribution is 2.43. The number of allylic oxidation sites excluding steroid dienone is 6. The number of ether oxygens (including phenoxy) is 2. The van der Waals surface area contributed by atoms with Crippen LogP contribution in [-0.4, -0.2) is 66.3 Å². The standard InChI is InChI=1S/C41H77O9P/c1-3-5-7-9-11-13-15-16-17-18-19-20-21-22-23-24-26-28-30-32-34-47-37-40(38-49-51(45,46)48-36-39(43)35-42)50-41(44)33-31-29-27-25-14-12-10-8-6-4-2/h8,10-11,13,16-17,39-40,42-43H,3-7,9,12,14-15,18-38H2,1-2H3,(H,45,46)/b10-8-,13-11-,17-16-. The van der Waals surface area contributed by atoms with Crippen LogP contribution < -0.4 is 0 Å². The van der Waals surface area contributed by atoms with E-state index in [-0.39, 0.29) is 19.6 Å². The van der Waals surface area contributed by atoms with Crippen molar-refractivity contribution in [3.05, 3.63) is 36.5 Å². The van der Waals surface area contributed by atoms with Crippen molar-refractivity contribution in [2.75, 3.05) is 33.0 Å². The molecular formula is C41H77O9P. The van der Waals surface area contributed by atoms with Gasteiger partial charge in [0.15, 0.2) is 0 Å². The number of carbonyl (C=O) groups is 1. The molecule has 3 N–H and O–H groups in total. The lowest BCUT2D eigenvalue weighted by Crippen LogP contribution is -2.29. The Morgan fingerprint density at radius 1 is 0.608 bits per heavy atom. The molecule has 0 fully saturated rings. The molecule has 0 aromatic heterocycles. The lowest BCUT2D eigenvalue weighted by molar-refractivity contribution is -0.154. The summed E-state index contributed by atoms with van der Waals surface area (Å²) in [6.07, 6.45) is 39.7. The molecule has 3 unspecified atom stereocenters. The summed E-state index contributed by atoms with van der Waals surface area (Å²) in [5.41, 5.74) is 0. The van der Waals surface area contributed by atoms with Crippen LogP contribution in [0, 0.1) is 0 Å². The van der Waals surface area contributed by atoms with Crippen LogP contribution >= 0.6 is 7.82 Å². The van der Waals surface area contributed by atoms with Crippen molar-refractivity contribution in [3.8, 4) is 0 Å². The maximum absolute atomic E-state index is 12.5. The van der Waals surface area contributed by atoms with Crippen LogP contribution in [-0.2, 0) is 27.9 Å². The SMILES string of the molecule is CCC/C=C\CCCCCCCC(=O)OC(COCCCCCCCCCCCC/C=C\C/C=C\CCCCC)COP(=O)(O)OCC(O)CO. The molecule has 0 aromatic carbocycles. The van der Waals surface area contributed by atoms with Crippen LogP contribution in [0.25, 0.3) is 0 Å². The van der Waals surface area contributed by atoms with Crippen molar-refractivity contribution >= 4 is 13.8 Å². The predicted molar refractivity (Wildman–Crippen MR) is 210 cm³/mol. The second-order valence-corrected chi connectivity index (χ2v) is 15.1. The van der Waals surface area contributed by atoms with E-state index in [2.05, 4.69) is 50.3 Å². The summed E-state index contributed by atoms with van der Waals surface area (Å²) >= 11 is 0. The minimum Gasteiger partial charge on any atom is -0.457 e. The van der Waals surface area contributed by atoms with E-state index in [1.165, 1.54) is 83.5 Å². The molecule has 300 valence electrons. The van der Waals surface area contributed by atoms with Gasteiger partial charge in [-0.1, -0.05) is 140 Å². The van der Waals surface area contributed by atoms with Crippen molar-refractivity contribution in [1.82, 2.24) is 0 Å². The van der Waals surface area contributed by atoms with Gasteiger partial charge in [-0.15, -0.1) is 0 Å². The molecule has 0 saturated heterocycles. The van der Waals surface area contributed by atoms with Crippen LogP contribution in [0.4, 0.5) is 0 Å². The van der Waals surface area contributed by atoms with E-state index in [1.807, 2.05) is 0 Å². The predicted octanol–water partition coefficient (Wildman–Crippen LogP) is 10.9. The van der Waals surface area contributed by atoms with Crippen molar-refractivity contribution in [1.29, 1.82) is 0 Å². The zero-order valence-electron chi connectivity index (χ0n) is 32.6. The quantitative estimate of drug-likeness (QED) is 0.0243. The molecule has 0 amide bonds. The van der Waals surface area contributed by atoms with Gasteiger partial charge < -0.3 is 24.6 Å². The Morgan fingerprint density at radius 2 is 1.10 bits per heavy atom. The molecule has 0 heterocycles. The molecule has 0 saturated carbocycles. The third-order valence-corrected chi connectivity index (χ3v) is 9.48. The summed E-state index contributed by atoms with van der Waals surface area (Å²) in [4.78, 5) is 22.4. The van der Waals surface area contributed by atoms with Crippen molar-refractivity contribution in [2.24, 2.45) is 0 Å². The van der Waals surface area contributed by atoms with E-state index in [4.69, 9.17) is 23.6 Å². The van der Waals surface area contributed by atoms with Gasteiger partial charge in [-0.3, -0.25) is 13.8 Å². The summed E-state index contributed by atoms with van der Waals surface area (Å²) in [5.74, 6) is -0.396. The van der Waals surface area contributed by atoms with E-state index >= 15 is 0 Å². The largest absolute Gasteiger partial charge is 0.472 e. The zero-order chi connectivity index (χ0) is 37.5. The Bertz CT molecular complexity index is 892. The first kappa shape index (κ1) is 49.7. The van der Waals surface area contributed by atoms with Gasteiger partial charge in [-0.2, -0.15) is 0 Å². The fourth-order valence-electron chi connectivity index (χ4n) is 5.39. The van der Waals surface area contributed by atoms with Gasteiger partial charge in [0.1, 0.15) is 12.2 Å². The van der Waals surface area contributed by atoms with Crippen LogP contribution in [0.3, 0.4) is 0 Å². The monoisotopic (exact) mass is 745 g/mol. The molecule has 0 aromatic rings. The molecule has 0 aliphatic heterocycles. The molecule has 3 atom stereocenters. The van der Waals surface area contributed by atoms with Crippen molar-refractivity contribution in [3.63, 3.8) is 0 Å². The number of rotatable bonds is 39. The van der Waals surface area contributed by atoms with E-state index < -0.39 is 39.2 Å². The summed E-state index contributed by atoms with van der Waals surface area (Å²) in [7, 11) is -4.51. The number of aliphatic hydroxyl groups excluding tert-OH is 2. The zero-order valence-corrected chi connectivity index (χ0v) is 33.5. The lowest BCUT2D eigenvalue weighted by Gasteiger charge is -2.20. The molecule has 0 aliphatic carbocycles. The Balaban J connectivity index is 4.11. The van der Waals surface area contributed by atoms with Crippen LogP contribution in [0.5, 0.6) is 0 Å². The highest BCUT2D eigenvalue weighted by atomic mass is 31.2. The summed E-state index contributed by atoms with van der Waals surface area (Å²) in [5, 5.41) is 18.3. The Hall–Kier alpha value is -1.32. The fraction of sp³-hybridized carbons (Fsp3) is 0.829. The van der Waals surface area contributed by atoms with Crippen LogP contribution in [0.15, 0.2) is 36.5 Å². The lowest BCUT2D eigenvalue weighted by atomic mass is 10.1. The van der Waals surface area contributed by atoms with Crippen molar-refractivity contribution < 1.29 is 43.0 Å². The summed E-state index contributed by atoms with van der Waals surface area (Å²) in [6.45, 7) is 3.41. The van der Waals surface area contributed by atoms with E-state index in [0.717, 1.165) is 70.6 Å². The minimum absolute atomic E-state index is 0.0442. The number of carbonyl (C=O) groups excluding carboxylic acids is 1. The van der Waals surface area contributed by atoms with Gasteiger partial charge in [0.25, 0.3) is 0 Å². The maximum atomic E-state index is 12.5. The highest BCUT2D eigenvalue weighted by molar-refractivity contribution is 7.47. The van der Waals surface area contributed by atoms with Crippen molar-refractivity contribution in [2.45, 2.75) is 187 Å². The van der Waals surface area contributed by atoms with Gasteiger partial charge in [-0.25, -0.2) is 4.57 Å². The number of phosphoric acid groups is 1. The van der Waals surface area contributed by atoms with Crippen LogP contribution in [0.2, 0.25) is 0 Å². The normalized spacial score (nSPS) is 14.5.